The summed E-state index contributed by atoms with van der Waals surface area (Å²) in [5.41, 5.74) is 3.50. The summed E-state index contributed by atoms with van der Waals surface area (Å²) in [4.78, 5) is 11.6. The van der Waals surface area contributed by atoms with Crippen LogP contribution in [0.3, 0.4) is 0 Å². The zero-order valence-corrected chi connectivity index (χ0v) is 11.9. The molecule has 0 fully saturated rings. The average molecular weight is 249 g/mol. The van der Waals surface area contributed by atoms with Crippen LogP contribution in [0, 0.1) is 20.8 Å². The van der Waals surface area contributed by atoms with Crippen LogP contribution in [0.1, 0.15) is 35.6 Å². The lowest BCUT2D eigenvalue weighted by molar-refractivity contribution is -0.143. The van der Waals surface area contributed by atoms with E-state index < -0.39 is 11.4 Å². The topological polar surface area (TPSA) is 49.3 Å². The summed E-state index contributed by atoms with van der Waals surface area (Å²) in [6, 6.07) is 4.10. The highest BCUT2D eigenvalue weighted by molar-refractivity contribution is 5.81. The second-order valence-electron chi connectivity index (χ2n) is 5.24. The third-order valence-electron chi connectivity index (χ3n) is 3.78. The molecular weight excluding hydrogens is 226 g/mol. The Bertz CT molecular complexity index is 454. The molecule has 100 valence electrons. The third kappa shape index (κ3) is 2.72. The smallest absolute Gasteiger partial charge is 0.313 e. The van der Waals surface area contributed by atoms with Gasteiger partial charge in [0.2, 0.25) is 0 Å². The van der Waals surface area contributed by atoms with Crippen LogP contribution in [0.4, 0.5) is 0 Å². The van der Waals surface area contributed by atoms with Crippen molar-refractivity contribution in [1.29, 1.82) is 0 Å². The first-order chi connectivity index (χ1) is 8.32. The second kappa shape index (κ2) is 5.53. The fourth-order valence-electron chi connectivity index (χ4n) is 2.29. The number of hydrogen-bond donors (Lipinski definition) is 2. The van der Waals surface area contributed by atoms with Gasteiger partial charge in [-0.1, -0.05) is 12.1 Å². The number of carboxylic acid groups (broad SMARTS) is 1. The van der Waals surface area contributed by atoms with E-state index in [1.54, 1.807) is 0 Å². The van der Waals surface area contributed by atoms with Gasteiger partial charge in [0.05, 0.1) is 5.41 Å². The molecule has 18 heavy (non-hydrogen) atoms. The summed E-state index contributed by atoms with van der Waals surface area (Å²) in [5.74, 6) is -0.760. The third-order valence-corrected chi connectivity index (χ3v) is 3.78. The van der Waals surface area contributed by atoms with Crippen molar-refractivity contribution >= 4 is 5.97 Å². The van der Waals surface area contributed by atoms with E-state index >= 15 is 0 Å². The summed E-state index contributed by atoms with van der Waals surface area (Å²) in [6.07, 6.45) is 0.585. The quantitative estimate of drug-likeness (QED) is 0.843. The van der Waals surface area contributed by atoms with Crippen molar-refractivity contribution in [3.8, 4) is 0 Å². The Morgan fingerprint density at radius 2 is 1.78 bits per heavy atom. The Kier molecular flexibility index (Phi) is 4.52. The molecule has 3 heteroatoms. The van der Waals surface area contributed by atoms with Crippen molar-refractivity contribution in [2.75, 3.05) is 13.6 Å². The number of nitrogens with one attached hydrogen (secondary N) is 1. The van der Waals surface area contributed by atoms with Crippen LogP contribution in [-0.2, 0) is 10.2 Å². The molecular formula is C15H23NO2. The van der Waals surface area contributed by atoms with Gasteiger partial charge in [0, 0.05) is 0 Å². The number of aliphatic carboxylic acids is 1. The van der Waals surface area contributed by atoms with Gasteiger partial charge in [0.15, 0.2) is 0 Å². The maximum absolute atomic E-state index is 11.6. The van der Waals surface area contributed by atoms with E-state index in [4.69, 9.17) is 0 Å². The molecule has 0 heterocycles. The minimum absolute atomic E-state index is 0.585. The van der Waals surface area contributed by atoms with Crippen LogP contribution in [0.2, 0.25) is 0 Å². The van der Waals surface area contributed by atoms with Crippen LogP contribution >= 0.6 is 0 Å². The van der Waals surface area contributed by atoms with Gasteiger partial charge in [-0.3, -0.25) is 4.79 Å². The highest BCUT2D eigenvalue weighted by atomic mass is 16.4. The highest BCUT2D eigenvalue weighted by Crippen LogP contribution is 2.32. The van der Waals surface area contributed by atoms with E-state index in [0.29, 0.717) is 13.0 Å². The maximum atomic E-state index is 11.6. The van der Waals surface area contributed by atoms with Crippen molar-refractivity contribution in [2.24, 2.45) is 0 Å². The molecule has 0 aliphatic rings. The van der Waals surface area contributed by atoms with Crippen molar-refractivity contribution < 1.29 is 9.90 Å². The van der Waals surface area contributed by atoms with Crippen LogP contribution in [0.25, 0.3) is 0 Å². The number of benzene rings is 1. The van der Waals surface area contributed by atoms with Crippen molar-refractivity contribution in [3.05, 3.63) is 34.4 Å². The highest BCUT2D eigenvalue weighted by Gasteiger charge is 2.35. The minimum atomic E-state index is -0.828. The van der Waals surface area contributed by atoms with Crippen molar-refractivity contribution in [3.63, 3.8) is 0 Å². The molecule has 1 atom stereocenters. The molecule has 0 spiro atoms. The van der Waals surface area contributed by atoms with Gasteiger partial charge in [-0.05, 0) is 70.0 Å². The molecule has 2 N–H and O–H groups in total. The minimum Gasteiger partial charge on any atom is -0.481 e. The fraction of sp³-hybridized carbons (Fsp3) is 0.533. The van der Waals surface area contributed by atoms with Gasteiger partial charge in [-0.15, -0.1) is 0 Å². The van der Waals surface area contributed by atoms with Crippen LogP contribution in [0.5, 0.6) is 0 Å². The molecule has 3 nitrogen and oxygen atoms in total. The monoisotopic (exact) mass is 249 g/mol. The van der Waals surface area contributed by atoms with Gasteiger partial charge in [0.1, 0.15) is 0 Å². The average Bonchev–Trinajstić information content (AvgIpc) is 2.30. The van der Waals surface area contributed by atoms with Gasteiger partial charge in [0.25, 0.3) is 0 Å². The predicted molar refractivity (Wildman–Crippen MR) is 74.2 cm³/mol. The lowest BCUT2D eigenvalue weighted by atomic mass is 9.76. The molecule has 1 rings (SSSR count). The molecule has 0 bridgehead atoms. The summed E-state index contributed by atoms with van der Waals surface area (Å²) >= 11 is 0. The zero-order chi connectivity index (χ0) is 13.9. The summed E-state index contributed by atoms with van der Waals surface area (Å²) in [5, 5.41) is 12.6. The number of carboxylic acids is 1. The Balaban J connectivity index is 3.29. The normalized spacial score (nSPS) is 14.3. The first-order valence-electron chi connectivity index (χ1n) is 6.29. The van der Waals surface area contributed by atoms with Crippen LogP contribution in [0.15, 0.2) is 12.1 Å². The van der Waals surface area contributed by atoms with Gasteiger partial charge in [-0.2, -0.15) is 0 Å². The Hall–Kier alpha value is -1.35. The first kappa shape index (κ1) is 14.7. The maximum Gasteiger partial charge on any atom is 0.313 e. The Morgan fingerprint density at radius 3 is 2.28 bits per heavy atom. The molecule has 0 saturated carbocycles. The van der Waals surface area contributed by atoms with E-state index in [2.05, 4.69) is 18.3 Å². The predicted octanol–water partition coefficient (Wildman–Crippen LogP) is 2.56. The summed E-state index contributed by atoms with van der Waals surface area (Å²) in [6.45, 7) is 8.57. The molecule has 1 unspecified atom stereocenters. The van der Waals surface area contributed by atoms with E-state index in [1.165, 1.54) is 5.56 Å². The zero-order valence-electron chi connectivity index (χ0n) is 11.9. The number of rotatable bonds is 5. The molecule has 0 aliphatic carbocycles. The van der Waals surface area contributed by atoms with Gasteiger partial charge >= 0.3 is 5.97 Å². The number of carbonyl (C=O) groups is 1. The van der Waals surface area contributed by atoms with Crippen molar-refractivity contribution in [1.82, 2.24) is 5.32 Å². The van der Waals surface area contributed by atoms with Crippen molar-refractivity contribution in [2.45, 2.75) is 39.5 Å². The largest absolute Gasteiger partial charge is 0.481 e. The molecule has 0 aromatic heterocycles. The lowest BCUT2D eigenvalue weighted by Crippen LogP contribution is -2.36. The number of aryl methyl sites for hydroxylation is 3. The van der Waals surface area contributed by atoms with Crippen LogP contribution < -0.4 is 5.32 Å². The second-order valence-corrected chi connectivity index (χ2v) is 5.24. The molecule has 1 aromatic carbocycles. The standard InChI is InChI=1S/C15H23NO2/c1-10-8-12(3)13(9-11(10)2)15(4,14(17)18)6-7-16-5/h8-9,16H,6-7H2,1-5H3,(H,17,18). The number of hydrogen-bond acceptors (Lipinski definition) is 2. The molecule has 0 saturated heterocycles. The Morgan fingerprint density at radius 1 is 1.22 bits per heavy atom. The molecule has 0 amide bonds. The van der Waals surface area contributed by atoms with E-state index in [0.717, 1.165) is 16.7 Å². The lowest BCUT2D eigenvalue weighted by Gasteiger charge is -2.28. The van der Waals surface area contributed by atoms with E-state index in [9.17, 15) is 9.90 Å². The van der Waals surface area contributed by atoms with E-state index in [1.807, 2.05) is 33.9 Å². The van der Waals surface area contributed by atoms with Gasteiger partial charge < -0.3 is 10.4 Å². The molecule has 0 aliphatic heterocycles. The summed E-state index contributed by atoms with van der Waals surface area (Å²) in [7, 11) is 1.84. The van der Waals surface area contributed by atoms with Crippen LogP contribution in [-0.4, -0.2) is 24.7 Å². The fourth-order valence-corrected chi connectivity index (χ4v) is 2.29. The first-order valence-corrected chi connectivity index (χ1v) is 6.29. The Labute approximate surface area is 109 Å². The molecule has 0 radical (unpaired) electrons. The van der Waals surface area contributed by atoms with E-state index in [-0.39, 0.29) is 0 Å². The SMILES string of the molecule is CNCCC(C)(C(=O)O)c1cc(C)c(C)cc1C. The molecule has 1 aromatic rings. The van der Waals surface area contributed by atoms with Gasteiger partial charge in [-0.25, -0.2) is 0 Å². The summed E-state index contributed by atoms with van der Waals surface area (Å²) < 4.78 is 0.